The zero-order valence-electron chi connectivity index (χ0n) is 57.9. The Morgan fingerprint density at radius 2 is 0.832 bits per heavy atom. The van der Waals surface area contributed by atoms with Crippen LogP contribution in [-0.2, 0) is 30.9 Å². The molecule has 107 heavy (non-hydrogen) atoms. The number of anilines is 4. The molecular formula is C86H64N8O13. The number of fused-ring (bicyclic) bond motifs is 8. The van der Waals surface area contributed by atoms with Gasteiger partial charge in [-0.05, 0) is 140 Å². The number of phenols is 2. The second kappa shape index (κ2) is 28.5. The van der Waals surface area contributed by atoms with Crippen LogP contribution in [0.2, 0.25) is 0 Å². The number of nitrogens with zero attached hydrogens (tertiary/aromatic N) is 4. The number of phenolic OH excluding ortho intramolecular Hbond substituents is 2. The van der Waals surface area contributed by atoms with E-state index in [1.54, 1.807) is 103 Å². The molecule has 21 nitrogen and oxygen atoms in total. The van der Waals surface area contributed by atoms with Crippen LogP contribution in [0.1, 0.15) is 82.3 Å². The number of hydrogen-bond donors (Lipinski definition) is 8. The van der Waals surface area contributed by atoms with E-state index in [1.807, 2.05) is 105 Å². The van der Waals surface area contributed by atoms with Crippen molar-refractivity contribution in [3.63, 3.8) is 0 Å². The highest BCUT2D eigenvalue weighted by Gasteiger charge is 2.29. The van der Waals surface area contributed by atoms with Gasteiger partial charge in [0.05, 0.1) is 85.3 Å². The van der Waals surface area contributed by atoms with E-state index >= 15 is 0 Å². The van der Waals surface area contributed by atoms with Gasteiger partial charge in [-0.3, -0.25) is 24.4 Å². The van der Waals surface area contributed by atoms with Crippen molar-refractivity contribution in [3.8, 4) is 56.4 Å². The van der Waals surface area contributed by atoms with Gasteiger partial charge in [0, 0.05) is 99.1 Å². The Morgan fingerprint density at radius 3 is 1.29 bits per heavy atom. The van der Waals surface area contributed by atoms with E-state index in [0.717, 1.165) is 66.5 Å². The first-order valence-corrected chi connectivity index (χ1v) is 34.1. The fourth-order valence-corrected chi connectivity index (χ4v) is 13.6. The number of methoxy groups -OCH3 is 1. The average molecular weight is 1420 g/mol. The lowest BCUT2D eigenvalue weighted by molar-refractivity contribution is 0.0592. The summed E-state index contributed by atoms with van der Waals surface area (Å²) in [4.78, 5) is 94.7. The van der Waals surface area contributed by atoms with Crippen LogP contribution in [0.15, 0.2) is 237 Å². The standard InChI is InChI=1S/C44H32N4O8.C42H32N4O5/c1-23(49)32-17-13-24-7-5-11-33(39(24)47-32)45-21-30-36(50)19-15-28-38(26-9-3-4-10-27(26)43(52)53)29-16-20-37(51)31(42(29)56-41(28)30)22-46-34-12-6-8-25-14-18-35(44(54)55-2)48-40(25)34;1-23-9-11-26-5-3-7-33(38(26)45-23)43-21-31-35(47)19-17-29-37(25-13-15-28(16-14-25)42(49)50)30-18-20-36(48)32(41(30)51-40(29)31)22-44-34-8-4-6-27-12-10-24(2)46-39(27)34/h3-20,45-46,51H,21-22H2,1-2H3,(H,52,53);3-20,43-44,47H,21-22H2,1-2H3,(H,49,50). The first kappa shape index (κ1) is 68.4. The Morgan fingerprint density at radius 1 is 0.411 bits per heavy atom. The number of carboxylic acid groups (broad SMARTS) is 2. The summed E-state index contributed by atoms with van der Waals surface area (Å²) < 4.78 is 18.3. The number of carbonyl (C=O) groups excluding carboxylic acids is 2. The minimum absolute atomic E-state index is 0.00620. The third kappa shape index (κ3) is 13.2. The molecule has 0 unspecified atom stereocenters. The van der Waals surface area contributed by atoms with E-state index in [0.29, 0.717) is 89.2 Å². The van der Waals surface area contributed by atoms with Crippen molar-refractivity contribution in [3.05, 3.63) is 295 Å². The van der Waals surface area contributed by atoms with Crippen LogP contribution >= 0.6 is 0 Å². The van der Waals surface area contributed by atoms with E-state index in [4.69, 9.17) is 23.5 Å². The molecule has 21 heteroatoms. The van der Waals surface area contributed by atoms with Crippen molar-refractivity contribution in [2.24, 2.45) is 0 Å². The van der Waals surface area contributed by atoms with Gasteiger partial charge in [-0.1, -0.05) is 103 Å². The first-order valence-electron chi connectivity index (χ1n) is 34.1. The van der Waals surface area contributed by atoms with Gasteiger partial charge in [0.15, 0.2) is 16.6 Å². The number of nitrogens with one attached hydrogen (secondary N) is 4. The summed E-state index contributed by atoms with van der Waals surface area (Å²) in [6, 6.07) is 63.5. The van der Waals surface area contributed by atoms with Gasteiger partial charge in [0.1, 0.15) is 45.6 Å². The largest absolute Gasteiger partial charge is 0.507 e. The van der Waals surface area contributed by atoms with E-state index < -0.39 is 17.9 Å². The van der Waals surface area contributed by atoms with Gasteiger partial charge in [-0.25, -0.2) is 24.4 Å². The Balaban J connectivity index is 0.000000172. The number of rotatable bonds is 18. The maximum atomic E-state index is 13.7. The predicted octanol–water partition coefficient (Wildman–Crippen LogP) is 17.2. The number of pyridine rings is 4. The van der Waals surface area contributed by atoms with Crippen molar-refractivity contribution >= 4 is 112 Å². The molecule has 8 N–H and O–H groups in total. The molecule has 2 aliphatic carbocycles. The summed E-state index contributed by atoms with van der Waals surface area (Å²) in [5.41, 5.74) is 12.8. The molecule has 4 aromatic heterocycles. The molecule has 526 valence electrons. The van der Waals surface area contributed by atoms with Gasteiger partial charge in [-0.2, -0.15) is 0 Å². The third-order valence-electron chi connectivity index (χ3n) is 19.0. The molecule has 2 aliphatic heterocycles. The second-order valence-corrected chi connectivity index (χ2v) is 25.7. The van der Waals surface area contributed by atoms with Crippen molar-refractivity contribution in [2.45, 2.75) is 47.0 Å². The van der Waals surface area contributed by atoms with Crippen molar-refractivity contribution in [1.29, 1.82) is 0 Å². The number of esters is 1. The number of para-hydroxylation sites is 4. The molecule has 0 saturated carbocycles. The van der Waals surface area contributed by atoms with Gasteiger partial charge >= 0.3 is 17.9 Å². The highest BCUT2D eigenvalue weighted by Crippen LogP contribution is 2.47. The van der Waals surface area contributed by atoms with Crippen molar-refractivity contribution in [2.75, 3.05) is 28.4 Å². The molecule has 0 saturated heterocycles. The highest BCUT2D eigenvalue weighted by molar-refractivity contribution is 6.10. The number of aromatic carboxylic acids is 2. The number of hydrogen-bond acceptors (Lipinski definition) is 19. The first-order chi connectivity index (χ1) is 51.9. The van der Waals surface area contributed by atoms with Crippen LogP contribution < -0.4 is 32.1 Å². The molecule has 6 heterocycles. The maximum absolute atomic E-state index is 13.7. The smallest absolute Gasteiger partial charge is 0.356 e. The Hall–Kier alpha value is -14.3. The number of carbonyl (C=O) groups is 4. The SMILES string of the molecule is COC(=O)c1ccc2cccc(NCc3c(O)ccc4c(-c5ccccc5C(=O)O)c5ccc(=O)c(CNc6cccc7ccc(C(C)=O)nc67)c-5oc34)c2n1.Cc1ccc2cccc(NCc3c4oc5c(CNc6cccc7ccc(C)nc67)c(O)ccc5c(-c5ccc(C(=O)O)cc5)c-4ccc3=O)c2n1. The lowest BCUT2D eigenvalue weighted by Gasteiger charge is -2.21. The topological polar surface area (TPSA) is 319 Å². The predicted molar refractivity (Wildman–Crippen MR) is 413 cm³/mol. The number of ether oxygens (including phenoxy) is 1. The minimum atomic E-state index is -1.14. The Bertz CT molecular complexity index is 6390. The molecule has 0 fully saturated rings. The zero-order chi connectivity index (χ0) is 74.3. The number of aromatic hydroxyl groups is 2. The van der Waals surface area contributed by atoms with Crippen LogP contribution in [0.5, 0.6) is 11.5 Å². The fourth-order valence-electron chi connectivity index (χ4n) is 13.6. The summed E-state index contributed by atoms with van der Waals surface area (Å²) >= 11 is 0. The van der Waals surface area contributed by atoms with Crippen LogP contribution in [-0.4, -0.2) is 71.2 Å². The summed E-state index contributed by atoms with van der Waals surface area (Å²) in [7, 11) is 1.28. The molecule has 4 aliphatic rings. The highest BCUT2D eigenvalue weighted by atomic mass is 16.5. The maximum Gasteiger partial charge on any atom is 0.356 e. The van der Waals surface area contributed by atoms with Crippen LogP contribution in [0.3, 0.4) is 0 Å². The second-order valence-electron chi connectivity index (χ2n) is 25.7. The molecule has 0 amide bonds. The van der Waals surface area contributed by atoms with Crippen LogP contribution in [0.25, 0.3) is 110 Å². The lowest BCUT2D eigenvalue weighted by Crippen LogP contribution is -2.15. The molecule has 0 spiro atoms. The third-order valence-corrected chi connectivity index (χ3v) is 19.0. The zero-order valence-corrected chi connectivity index (χ0v) is 57.9. The normalized spacial score (nSPS) is 11.3. The monoisotopic (exact) mass is 1420 g/mol. The number of aromatic nitrogens is 4. The van der Waals surface area contributed by atoms with Crippen molar-refractivity contribution in [1.82, 2.24) is 19.9 Å². The van der Waals surface area contributed by atoms with E-state index in [2.05, 4.69) is 31.2 Å². The minimum Gasteiger partial charge on any atom is -0.507 e. The molecule has 16 rings (SSSR count). The van der Waals surface area contributed by atoms with E-state index in [1.165, 1.54) is 38.3 Å². The number of carboxylic acids is 2. The Kier molecular flexibility index (Phi) is 18.2. The lowest BCUT2D eigenvalue weighted by atomic mass is 9.88. The summed E-state index contributed by atoms with van der Waals surface area (Å²) in [6.07, 6.45) is 0. The molecule has 0 radical (unpaired) electrons. The molecule has 0 bridgehead atoms. The van der Waals surface area contributed by atoms with Crippen LogP contribution in [0, 0.1) is 13.8 Å². The number of ketones is 1. The molecule has 8 aromatic carbocycles. The average Bonchev–Trinajstić information content (AvgIpc) is 0.738. The van der Waals surface area contributed by atoms with Crippen molar-refractivity contribution < 1.29 is 53.2 Å². The van der Waals surface area contributed by atoms with Gasteiger partial charge in [0.25, 0.3) is 0 Å². The van der Waals surface area contributed by atoms with Gasteiger partial charge in [-0.15, -0.1) is 0 Å². The van der Waals surface area contributed by atoms with Crippen LogP contribution in [0.4, 0.5) is 22.7 Å². The van der Waals surface area contributed by atoms with Gasteiger partial charge in [0.2, 0.25) is 0 Å². The number of benzene rings is 10. The number of aryl methyl sites for hydroxylation is 2. The molecule has 12 aromatic rings. The summed E-state index contributed by atoms with van der Waals surface area (Å²) in [5, 5.41) is 60.8. The van der Waals surface area contributed by atoms with Gasteiger partial charge < -0.3 is 55.3 Å². The van der Waals surface area contributed by atoms with E-state index in [-0.39, 0.29) is 88.0 Å². The summed E-state index contributed by atoms with van der Waals surface area (Å²) in [6.45, 7) is 5.64. The van der Waals surface area contributed by atoms with E-state index in [9.17, 15) is 49.2 Å². The molecule has 0 atom stereocenters. The Labute approximate surface area is 608 Å². The number of Topliss-reactive ketones (excluding diaryl/α,β-unsaturated/α-hetero) is 1. The summed E-state index contributed by atoms with van der Waals surface area (Å²) in [5.74, 6) is -2.50. The quantitative estimate of drug-likeness (QED) is 0.0225. The fraction of sp³-hybridized carbons (Fsp3) is 0.0930. The molecular weight excluding hydrogens is 1350 g/mol.